The molecule has 110 valence electrons. The highest BCUT2D eigenvalue weighted by Gasteiger charge is 2.42. The average Bonchev–Trinajstić information content (AvgIpc) is 2.27. The fraction of sp³-hybridized carbons (Fsp3) is 0.929. The lowest BCUT2D eigenvalue weighted by Gasteiger charge is -2.48. The van der Waals surface area contributed by atoms with Gasteiger partial charge >= 0.3 is 6.09 Å². The number of ether oxygens (including phenoxy) is 1. The van der Waals surface area contributed by atoms with Crippen molar-refractivity contribution in [2.45, 2.75) is 51.3 Å². The molecule has 2 heterocycles. The highest BCUT2D eigenvalue weighted by atomic mass is 16.6. The number of nitrogens with two attached hydrogens (primary N) is 1. The van der Waals surface area contributed by atoms with Crippen molar-refractivity contribution in [3.8, 4) is 0 Å². The van der Waals surface area contributed by atoms with Gasteiger partial charge in [0.2, 0.25) is 0 Å². The molecule has 19 heavy (non-hydrogen) atoms. The van der Waals surface area contributed by atoms with Gasteiger partial charge in [0.05, 0.1) is 0 Å². The second kappa shape index (κ2) is 5.29. The molecule has 2 aliphatic rings. The number of nitrogens with zero attached hydrogens (tertiary/aromatic N) is 2. The zero-order valence-corrected chi connectivity index (χ0v) is 12.6. The minimum atomic E-state index is -0.433. The summed E-state index contributed by atoms with van der Waals surface area (Å²) in [5.74, 6) is 0.375. The van der Waals surface area contributed by atoms with E-state index < -0.39 is 5.60 Å². The highest BCUT2D eigenvalue weighted by molar-refractivity contribution is 5.68. The SMILES string of the molecule is CN1CCC2C(C1)C(N)CCN2C(=O)OC(C)(C)C. The molecular weight excluding hydrogens is 242 g/mol. The Morgan fingerprint density at radius 3 is 2.58 bits per heavy atom. The summed E-state index contributed by atoms with van der Waals surface area (Å²) in [6, 6.07) is 0.446. The molecule has 5 nitrogen and oxygen atoms in total. The van der Waals surface area contributed by atoms with Gasteiger partial charge in [-0.1, -0.05) is 0 Å². The lowest BCUT2D eigenvalue weighted by Crippen LogP contribution is -2.62. The van der Waals surface area contributed by atoms with Crippen LogP contribution >= 0.6 is 0 Å². The third kappa shape index (κ3) is 3.39. The van der Waals surface area contributed by atoms with Gasteiger partial charge in [-0.2, -0.15) is 0 Å². The summed E-state index contributed by atoms with van der Waals surface area (Å²) in [5.41, 5.74) is 5.80. The largest absolute Gasteiger partial charge is 0.444 e. The summed E-state index contributed by atoms with van der Waals surface area (Å²) in [6.07, 6.45) is 1.68. The Kier molecular flexibility index (Phi) is 4.06. The molecule has 0 aromatic heterocycles. The zero-order valence-electron chi connectivity index (χ0n) is 12.6. The van der Waals surface area contributed by atoms with Gasteiger partial charge < -0.3 is 20.3 Å². The van der Waals surface area contributed by atoms with Gasteiger partial charge in [0.1, 0.15) is 5.60 Å². The van der Waals surface area contributed by atoms with E-state index in [0.29, 0.717) is 5.92 Å². The van der Waals surface area contributed by atoms with Crippen molar-refractivity contribution in [3.05, 3.63) is 0 Å². The fourth-order valence-electron chi connectivity index (χ4n) is 3.16. The van der Waals surface area contributed by atoms with Crippen molar-refractivity contribution >= 4 is 6.09 Å². The lowest BCUT2D eigenvalue weighted by molar-refractivity contribution is -0.0198. The maximum absolute atomic E-state index is 12.3. The molecule has 0 spiro atoms. The summed E-state index contributed by atoms with van der Waals surface area (Å²) >= 11 is 0. The predicted octanol–water partition coefficient (Wildman–Crippen LogP) is 1.27. The standard InChI is InChI=1S/C14H27N3O2/c1-14(2,3)19-13(18)17-8-5-11(15)10-9-16(4)7-6-12(10)17/h10-12H,5-9,15H2,1-4H3. The first-order valence-corrected chi connectivity index (χ1v) is 7.21. The van der Waals surface area contributed by atoms with Crippen LogP contribution in [0, 0.1) is 5.92 Å². The van der Waals surface area contributed by atoms with E-state index >= 15 is 0 Å². The van der Waals surface area contributed by atoms with Crippen LogP contribution in [0.15, 0.2) is 0 Å². The van der Waals surface area contributed by atoms with Gasteiger partial charge in [0, 0.05) is 31.1 Å². The summed E-state index contributed by atoms with van der Waals surface area (Å²) < 4.78 is 5.52. The number of amides is 1. The van der Waals surface area contributed by atoms with Crippen molar-refractivity contribution in [2.75, 3.05) is 26.7 Å². The minimum absolute atomic E-state index is 0.182. The van der Waals surface area contributed by atoms with E-state index in [0.717, 1.165) is 32.5 Å². The third-order valence-electron chi connectivity index (χ3n) is 4.10. The first-order valence-electron chi connectivity index (χ1n) is 7.21. The Bertz CT molecular complexity index is 340. The molecule has 3 atom stereocenters. The second-order valence-corrected chi connectivity index (χ2v) is 6.91. The topological polar surface area (TPSA) is 58.8 Å². The van der Waals surface area contributed by atoms with Gasteiger partial charge in [0.25, 0.3) is 0 Å². The zero-order chi connectivity index (χ0) is 14.2. The quantitative estimate of drug-likeness (QED) is 0.719. The molecule has 0 aromatic carbocycles. The van der Waals surface area contributed by atoms with Crippen molar-refractivity contribution in [1.29, 1.82) is 0 Å². The Morgan fingerprint density at radius 1 is 1.26 bits per heavy atom. The van der Waals surface area contributed by atoms with Crippen LogP contribution in [0.4, 0.5) is 4.79 Å². The van der Waals surface area contributed by atoms with Gasteiger partial charge in [-0.05, 0) is 47.2 Å². The van der Waals surface area contributed by atoms with Crippen LogP contribution in [0.1, 0.15) is 33.6 Å². The van der Waals surface area contributed by atoms with Gasteiger partial charge in [-0.3, -0.25) is 0 Å². The molecule has 2 saturated heterocycles. The smallest absolute Gasteiger partial charge is 0.410 e. The van der Waals surface area contributed by atoms with Crippen molar-refractivity contribution < 1.29 is 9.53 Å². The van der Waals surface area contributed by atoms with Gasteiger partial charge in [-0.25, -0.2) is 4.79 Å². The van der Waals surface area contributed by atoms with Crippen molar-refractivity contribution in [1.82, 2.24) is 9.80 Å². The van der Waals surface area contributed by atoms with Crippen LogP contribution in [-0.2, 0) is 4.74 Å². The van der Waals surface area contributed by atoms with Crippen LogP contribution in [0.3, 0.4) is 0 Å². The Hall–Kier alpha value is -0.810. The van der Waals surface area contributed by atoms with E-state index in [9.17, 15) is 4.79 Å². The monoisotopic (exact) mass is 269 g/mol. The normalized spacial score (nSPS) is 32.9. The number of carbonyl (C=O) groups is 1. The molecular formula is C14H27N3O2. The number of fused-ring (bicyclic) bond motifs is 1. The fourth-order valence-corrected chi connectivity index (χ4v) is 3.16. The Labute approximate surface area is 116 Å². The molecule has 5 heteroatoms. The molecule has 0 aliphatic carbocycles. The number of hydrogen-bond acceptors (Lipinski definition) is 4. The molecule has 0 saturated carbocycles. The molecule has 0 bridgehead atoms. The number of piperidine rings is 2. The van der Waals surface area contributed by atoms with Gasteiger partial charge in [-0.15, -0.1) is 0 Å². The van der Waals surface area contributed by atoms with Crippen LogP contribution in [0.2, 0.25) is 0 Å². The third-order valence-corrected chi connectivity index (χ3v) is 4.10. The van der Waals surface area contributed by atoms with Crippen LogP contribution in [-0.4, -0.2) is 60.3 Å². The maximum Gasteiger partial charge on any atom is 0.410 e. The average molecular weight is 269 g/mol. The molecule has 0 aromatic rings. The van der Waals surface area contributed by atoms with E-state index in [-0.39, 0.29) is 18.2 Å². The summed E-state index contributed by atoms with van der Waals surface area (Å²) in [4.78, 5) is 16.5. The van der Waals surface area contributed by atoms with E-state index in [1.807, 2.05) is 25.7 Å². The Morgan fingerprint density at radius 2 is 1.95 bits per heavy atom. The first-order chi connectivity index (χ1) is 8.78. The summed E-state index contributed by atoms with van der Waals surface area (Å²) in [7, 11) is 2.12. The number of carbonyl (C=O) groups excluding carboxylic acids is 1. The Balaban J connectivity index is 2.07. The van der Waals surface area contributed by atoms with Crippen LogP contribution in [0.25, 0.3) is 0 Å². The predicted molar refractivity (Wildman–Crippen MR) is 74.9 cm³/mol. The molecule has 0 radical (unpaired) electrons. The van der Waals surface area contributed by atoms with Crippen LogP contribution in [0.5, 0.6) is 0 Å². The number of hydrogen-bond donors (Lipinski definition) is 1. The van der Waals surface area contributed by atoms with Crippen molar-refractivity contribution in [2.24, 2.45) is 11.7 Å². The number of rotatable bonds is 0. The second-order valence-electron chi connectivity index (χ2n) is 6.91. The molecule has 2 fully saturated rings. The summed E-state index contributed by atoms with van der Waals surface area (Å²) in [5, 5.41) is 0. The molecule has 3 unspecified atom stereocenters. The van der Waals surface area contributed by atoms with E-state index in [1.54, 1.807) is 0 Å². The molecule has 2 rings (SSSR count). The molecule has 2 aliphatic heterocycles. The van der Waals surface area contributed by atoms with E-state index in [1.165, 1.54) is 0 Å². The van der Waals surface area contributed by atoms with E-state index in [4.69, 9.17) is 10.5 Å². The summed E-state index contributed by atoms with van der Waals surface area (Å²) in [6.45, 7) is 8.45. The molecule has 1 amide bonds. The first kappa shape index (κ1) is 14.6. The van der Waals surface area contributed by atoms with Crippen molar-refractivity contribution in [3.63, 3.8) is 0 Å². The lowest BCUT2D eigenvalue weighted by atomic mass is 9.81. The highest BCUT2D eigenvalue weighted by Crippen LogP contribution is 2.30. The number of likely N-dealkylation sites (tertiary alicyclic amines) is 2. The van der Waals surface area contributed by atoms with Gasteiger partial charge in [0.15, 0.2) is 0 Å². The maximum atomic E-state index is 12.3. The molecule has 2 N–H and O–H groups in total. The minimum Gasteiger partial charge on any atom is -0.444 e. The van der Waals surface area contributed by atoms with Crippen LogP contribution < -0.4 is 5.73 Å². The van der Waals surface area contributed by atoms with E-state index in [2.05, 4.69) is 11.9 Å².